The van der Waals surface area contributed by atoms with E-state index in [-0.39, 0.29) is 11.7 Å². The van der Waals surface area contributed by atoms with Crippen molar-refractivity contribution >= 4 is 75.5 Å². The van der Waals surface area contributed by atoms with Gasteiger partial charge in [0.15, 0.2) is 11.3 Å². The molecule has 1 amide bonds. The molecule has 0 saturated carbocycles. The van der Waals surface area contributed by atoms with E-state index in [1.54, 1.807) is 31.2 Å². The Bertz CT molecular complexity index is 539. The molecule has 0 spiro atoms. The fourth-order valence-corrected chi connectivity index (χ4v) is 2.11. The Labute approximate surface area is 153 Å². The summed E-state index contributed by atoms with van der Waals surface area (Å²) >= 11 is 28.4. The lowest BCUT2D eigenvalue weighted by atomic mass is 10.3. The van der Waals surface area contributed by atoms with Crippen LogP contribution in [0.2, 0.25) is 5.02 Å². The lowest BCUT2D eigenvalue weighted by Gasteiger charge is -2.27. The number of thiocarbonyl (C=S) groups is 1. The smallest absolute Gasteiger partial charge is 0.408 e. The van der Waals surface area contributed by atoms with Gasteiger partial charge >= 0.3 is 6.09 Å². The molecule has 122 valence electrons. The van der Waals surface area contributed by atoms with Gasteiger partial charge in [-0.05, 0) is 37.3 Å². The quantitative estimate of drug-likeness (QED) is 0.401. The van der Waals surface area contributed by atoms with Gasteiger partial charge in [-0.1, -0.05) is 52.5 Å². The van der Waals surface area contributed by atoms with E-state index in [4.69, 9.17) is 63.4 Å². The van der Waals surface area contributed by atoms with E-state index in [2.05, 4.69) is 16.0 Å². The average molecular weight is 405 g/mol. The monoisotopic (exact) mass is 403 g/mol. The number of hydrogen-bond acceptors (Lipinski definition) is 3. The standard InChI is InChI=1S/C12H13Cl4N3O2S/c1-2-21-11(20)19-9(12(14,15)16)18-10(22)17-8-5-3-4-7(13)6-8/h3-6,9H,2H2,1H3,(H,19,20)(H2,17,18,22). The fraction of sp³-hybridized carbons (Fsp3) is 0.333. The molecule has 5 nitrogen and oxygen atoms in total. The van der Waals surface area contributed by atoms with Crippen molar-refractivity contribution in [3.63, 3.8) is 0 Å². The van der Waals surface area contributed by atoms with E-state index in [0.717, 1.165) is 0 Å². The second-order valence-electron chi connectivity index (χ2n) is 3.95. The number of hydrogen-bond donors (Lipinski definition) is 3. The molecule has 1 aromatic rings. The number of ether oxygens (including phenoxy) is 1. The molecule has 0 heterocycles. The van der Waals surface area contributed by atoms with Gasteiger partial charge in [0, 0.05) is 10.7 Å². The molecule has 0 aliphatic carbocycles. The Morgan fingerprint density at radius 3 is 2.59 bits per heavy atom. The normalized spacial score (nSPS) is 12.2. The van der Waals surface area contributed by atoms with Gasteiger partial charge in [-0.2, -0.15) is 0 Å². The highest BCUT2D eigenvalue weighted by atomic mass is 35.6. The fourth-order valence-electron chi connectivity index (χ4n) is 1.35. The van der Waals surface area contributed by atoms with Crippen LogP contribution in [-0.2, 0) is 4.74 Å². The highest BCUT2D eigenvalue weighted by molar-refractivity contribution is 7.80. The third kappa shape index (κ3) is 7.07. The zero-order valence-corrected chi connectivity index (χ0v) is 15.2. The zero-order valence-electron chi connectivity index (χ0n) is 11.3. The predicted octanol–water partition coefficient (Wildman–Crippen LogP) is 4.07. The van der Waals surface area contributed by atoms with Crippen molar-refractivity contribution in [2.75, 3.05) is 11.9 Å². The van der Waals surface area contributed by atoms with Crippen LogP contribution in [0.25, 0.3) is 0 Å². The Hall–Kier alpha value is -0.660. The summed E-state index contributed by atoms with van der Waals surface area (Å²) < 4.78 is 2.90. The molecule has 0 fully saturated rings. The van der Waals surface area contributed by atoms with Crippen molar-refractivity contribution < 1.29 is 9.53 Å². The van der Waals surface area contributed by atoms with Gasteiger partial charge in [-0.15, -0.1) is 0 Å². The van der Waals surface area contributed by atoms with Crippen molar-refractivity contribution in [1.82, 2.24) is 10.6 Å². The lowest BCUT2D eigenvalue weighted by Crippen LogP contribution is -2.56. The number of nitrogens with one attached hydrogen (secondary N) is 3. The SMILES string of the molecule is CCOC(=O)NC(NC(=S)Nc1cccc(Cl)c1)C(Cl)(Cl)Cl. The van der Waals surface area contributed by atoms with Gasteiger partial charge in [0.25, 0.3) is 0 Å². The number of rotatable bonds is 4. The summed E-state index contributed by atoms with van der Waals surface area (Å²) in [7, 11) is 0. The third-order valence-electron chi connectivity index (χ3n) is 2.22. The summed E-state index contributed by atoms with van der Waals surface area (Å²) in [5.41, 5.74) is 0.643. The molecule has 1 rings (SSSR count). The number of anilines is 1. The summed E-state index contributed by atoms with van der Waals surface area (Å²) in [5, 5.41) is 8.58. The summed E-state index contributed by atoms with van der Waals surface area (Å²) in [6.45, 7) is 1.84. The molecule has 1 atom stereocenters. The number of carbonyl (C=O) groups excluding carboxylic acids is 1. The molecule has 0 saturated heterocycles. The summed E-state index contributed by atoms with van der Waals surface area (Å²) in [4.78, 5) is 11.5. The predicted molar refractivity (Wildman–Crippen MR) is 95.0 cm³/mol. The maximum Gasteiger partial charge on any atom is 0.408 e. The second-order valence-corrected chi connectivity index (χ2v) is 7.16. The number of carbonyl (C=O) groups is 1. The maximum absolute atomic E-state index is 11.5. The maximum atomic E-state index is 11.5. The van der Waals surface area contributed by atoms with Crippen LogP contribution in [0, 0.1) is 0 Å². The zero-order chi connectivity index (χ0) is 16.8. The minimum atomic E-state index is -1.84. The van der Waals surface area contributed by atoms with Crippen molar-refractivity contribution in [3.8, 4) is 0 Å². The van der Waals surface area contributed by atoms with Gasteiger partial charge in [0.05, 0.1) is 6.61 Å². The lowest BCUT2D eigenvalue weighted by molar-refractivity contribution is 0.147. The van der Waals surface area contributed by atoms with E-state index >= 15 is 0 Å². The van der Waals surface area contributed by atoms with E-state index in [1.807, 2.05) is 0 Å². The Balaban J connectivity index is 2.68. The van der Waals surface area contributed by atoms with Crippen molar-refractivity contribution in [2.45, 2.75) is 16.9 Å². The van der Waals surface area contributed by atoms with E-state index in [9.17, 15) is 4.79 Å². The molecule has 22 heavy (non-hydrogen) atoms. The molecule has 1 aromatic carbocycles. The highest BCUT2D eigenvalue weighted by Crippen LogP contribution is 2.29. The summed E-state index contributed by atoms with van der Waals surface area (Å²) in [6, 6.07) is 6.88. The second kappa shape index (κ2) is 8.84. The number of halogens is 4. The molecular weight excluding hydrogens is 392 g/mol. The highest BCUT2D eigenvalue weighted by Gasteiger charge is 2.35. The van der Waals surface area contributed by atoms with E-state index in [0.29, 0.717) is 10.7 Å². The Morgan fingerprint density at radius 2 is 2.05 bits per heavy atom. The van der Waals surface area contributed by atoms with Crippen LogP contribution in [-0.4, -0.2) is 27.8 Å². The summed E-state index contributed by atoms with van der Waals surface area (Å²) in [6.07, 6.45) is -1.83. The topological polar surface area (TPSA) is 62.4 Å². The van der Waals surface area contributed by atoms with Crippen LogP contribution in [0.3, 0.4) is 0 Å². The first-order chi connectivity index (χ1) is 10.2. The Morgan fingerprint density at radius 1 is 1.36 bits per heavy atom. The van der Waals surface area contributed by atoms with Crippen LogP contribution < -0.4 is 16.0 Å². The molecule has 1 unspecified atom stereocenters. The largest absolute Gasteiger partial charge is 0.450 e. The number of alkyl halides is 3. The van der Waals surface area contributed by atoms with Crippen LogP contribution in [0.1, 0.15) is 6.92 Å². The molecule has 0 aliphatic heterocycles. The molecule has 10 heteroatoms. The van der Waals surface area contributed by atoms with Crippen molar-refractivity contribution in [1.29, 1.82) is 0 Å². The third-order valence-corrected chi connectivity index (χ3v) is 3.33. The van der Waals surface area contributed by atoms with Crippen molar-refractivity contribution in [3.05, 3.63) is 29.3 Å². The van der Waals surface area contributed by atoms with E-state index in [1.165, 1.54) is 0 Å². The molecule has 3 N–H and O–H groups in total. The number of alkyl carbamates (subject to hydrolysis) is 1. The molecule has 0 radical (unpaired) electrons. The van der Waals surface area contributed by atoms with Crippen molar-refractivity contribution in [2.24, 2.45) is 0 Å². The Kier molecular flexibility index (Phi) is 7.79. The van der Waals surface area contributed by atoms with Crippen LogP contribution in [0.5, 0.6) is 0 Å². The number of benzene rings is 1. The minimum absolute atomic E-state index is 0.135. The summed E-state index contributed by atoms with van der Waals surface area (Å²) in [5.74, 6) is 0. The molecule has 0 bridgehead atoms. The molecule has 0 aromatic heterocycles. The van der Waals surface area contributed by atoms with Crippen LogP contribution in [0.4, 0.5) is 10.5 Å². The van der Waals surface area contributed by atoms with Gasteiger partial charge in [-0.25, -0.2) is 4.79 Å². The van der Waals surface area contributed by atoms with Crippen LogP contribution >= 0.6 is 58.6 Å². The van der Waals surface area contributed by atoms with Gasteiger partial charge in [0.1, 0.15) is 0 Å². The van der Waals surface area contributed by atoms with Gasteiger partial charge < -0.3 is 15.4 Å². The van der Waals surface area contributed by atoms with Gasteiger partial charge in [-0.3, -0.25) is 5.32 Å². The first-order valence-corrected chi connectivity index (χ1v) is 7.97. The van der Waals surface area contributed by atoms with Crippen LogP contribution in [0.15, 0.2) is 24.3 Å². The molecular formula is C12H13Cl4N3O2S. The average Bonchev–Trinajstić information content (AvgIpc) is 2.37. The number of amides is 1. The minimum Gasteiger partial charge on any atom is -0.450 e. The van der Waals surface area contributed by atoms with Gasteiger partial charge in [0.2, 0.25) is 3.79 Å². The first-order valence-electron chi connectivity index (χ1n) is 6.05. The first kappa shape index (κ1) is 19.4. The molecule has 0 aliphatic rings. The van der Waals surface area contributed by atoms with E-state index < -0.39 is 16.1 Å².